The summed E-state index contributed by atoms with van der Waals surface area (Å²) in [6.45, 7) is 5.12. The normalized spacial score (nSPS) is 21.9. The van der Waals surface area contributed by atoms with Crippen molar-refractivity contribution in [3.63, 3.8) is 0 Å². The van der Waals surface area contributed by atoms with Crippen molar-refractivity contribution in [1.82, 2.24) is 4.90 Å². The number of esters is 1. The first-order valence-corrected chi connectivity index (χ1v) is 9.88. The van der Waals surface area contributed by atoms with Gasteiger partial charge in [-0.1, -0.05) is 38.1 Å². The molecular weight excluding hydrogens is 372 g/mol. The topological polar surface area (TPSA) is 92.8 Å². The second-order valence-electron chi connectivity index (χ2n) is 7.81. The number of anilines is 1. The minimum Gasteiger partial charge on any atom is -0.454 e. The molecule has 0 unspecified atom stereocenters. The fourth-order valence-electron chi connectivity index (χ4n) is 3.72. The van der Waals surface area contributed by atoms with Gasteiger partial charge in [-0.3, -0.25) is 19.3 Å². The van der Waals surface area contributed by atoms with E-state index < -0.39 is 36.4 Å². The number of imide groups is 1. The fourth-order valence-corrected chi connectivity index (χ4v) is 3.72. The Morgan fingerprint density at radius 2 is 1.59 bits per heavy atom. The van der Waals surface area contributed by atoms with Crippen molar-refractivity contribution in [2.24, 2.45) is 11.8 Å². The maximum Gasteiger partial charge on any atom is 0.329 e. The first-order chi connectivity index (χ1) is 13.8. The van der Waals surface area contributed by atoms with Crippen LogP contribution in [0.3, 0.4) is 0 Å². The van der Waals surface area contributed by atoms with Crippen molar-refractivity contribution >= 4 is 29.4 Å². The Labute approximate surface area is 170 Å². The van der Waals surface area contributed by atoms with Crippen LogP contribution in [0.5, 0.6) is 0 Å². The number of nitrogens with zero attached hydrogens (tertiary/aromatic N) is 1. The molecule has 7 nitrogen and oxygen atoms in total. The van der Waals surface area contributed by atoms with E-state index in [1.807, 2.05) is 24.3 Å². The molecule has 7 heteroatoms. The molecule has 2 aliphatic rings. The molecule has 1 aromatic carbocycles. The van der Waals surface area contributed by atoms with Gasteiger partial charge in [0, 0.05) is 5.69 Å². The van der Waals surface area contributed by atoms with E-state index in [0.717, 1.165) is 10.5 Å². The first kappa shape index (κ1) is 20.8. The molecule has 1 N–H and O–H groups in total. The van der Waals surface area contributed by atoms with Crippen molar-refractivity contribution in [1.29, 1.82) is 0 Å². The number of nitrogens with one attached hydrogen (secondary N) is 1. The van der Waals surface area contributed by atoms with Crippen molar-refractivity contribution in [3.8, 4) is 0 Å². The van der Waals surface area contributed by atoms with Crippen LogP contribution in [0.2, 0.25) is 0 Å². The van der Waals surface area contributed by atoms with E-state index in [4.69, 9.17) is 4.74 Å². The van der Waals surface area contributed by atoms with Crippen LogP contribution in [0, 0.1) is 11.8 Å². The van der Waals surface area contributed by atoms with Gasteiger partial charge in [0.1, 0.15) is 6.04 Å². The van der Waals surface area contributed by atoms with E-state index in [2.05, 4.69) is 19.2 Å². The largest absolute Gasteiger partial charge is 0.454 e. The molecule has 3 rings (SSSR count). The maximum atomic E-state index is 12.5. The lowest BCUT2D eigenvalue weighted by atomic mass is 9.85. The molecule has 0 saturated carbocycles. The zero-order valence-electron chi connectivity index (χ0n) is 16.9. The summed E-state index contributed by atoms with van der Waals surface area (Å²) in [7, 11) is 0. The number of benzene rings is 1. The summed E-state index contributed by atoms with van der Waals surface area (Å²) in [5.41, 5.74) is 1.75. The van der Waals surface area contributed by atoms with Gasteiger partial charge in [-0.15, -0.1) is 0 Å². The monoisotopic (exact) mass is 398 g/mol. The molecule has 3 amide bonds. The van der Waals surface area contributed by atoms with Gasteiger partial charge in [-0.05, 0) is 43.4 Å². The number of carbonyl (C=O) groups excluding carboxylic acids is 4. The van der Waals surface area contributed by atoms with Crippen molar-refractivity contribution in [2.45, 2.75) is 45.6 Å². The smallest absolute Gasteiger partial charge is 0.329 e. The minimum atomic E-state index is -1.06. The van der Waals surface area contributed by atoms with Gasteiger partial charge in [0.05, 0.1) is 11.8 Å². The second kappa shape index (κ2) is 8.59. The quantitative estimate of drug-likeness (QED) is 0.452. The molecule has 1 heterocycles. The Bertz CT molecular complexity index is 817. The zero-order chi connectivity index (χ0) is 21.1. The molecule has 1 saturated heterocycles. The number of rotatable bonds is 6. The SMILES string of the molecule is CC(C)c1ccc(NC(=O)COC(=O)[C@H](C)N2C(=O)[C@H]3CC=CC[C@@H]3C2=O)cc1. The number of carbonyl (C=O) groups is 4. The number of amides is 3. The molecule has 3 atom stereocenters. The van der Waals surface area contributed by atoms with Gasteiger partial charge in [0.25, 0.3) is 5.91 Å². The number of hydrogen-bond donors (Lipinski definition) is 1. The van der Waals surface area contributed by atoms with Crippen LogP contribution in [0.15, 0.2) is 36.4 Å². The van der Waals surface area contributed by atoms with Crippen LogP contribution < -0.4 is 5.32 Å². The summed E-state index contributed by atoms with van der Waals surface area (Å²) in [4.78, 5) is 50.5. The summed E-state index contributed by atoms with van der Waals surface area (Å²) in [6.07, 6.45) is 4.78. The fraction of sp³-hybridized carbons (Fsp3) is 0.455. The van der Waals surface area contributed by atoms with Crippen LogP contribution in [-0.2, 0) is 23.9 Å². The number of ether oxygens (including phenoxy) is 1. The molecule has 1 fully saturated rings. The molecule has 0 radical (unpaired) electrons. The Balaban J connectivity index is 1.53. The molecule has 0 aromatic heterocycles. The highest BCUT2D eigenvalue weighted by Gasteiger charge is 2.50. The second-order valence-corrected chi connectivity index (χ2v) is 7.81. The van der Waals surface area contributed by atoms with E-state index >= 15 is 0 Å². The highest BCUT2D eigenvalue weighted by molar-refractivity contribution is 6.08. The molecule has 1 aromatic rings. The van der Waals surface area contributed by atoms with E-state index in [0.29, 0.717) is 24.4 Å². The lowest BCUT2D eigenvalue weighted by Crippen LogP contribution is -2.45. The number of likely N-dealkylation sites (tertiary alicyclic amines) is 1. The van der Waals surface area contributed by atoms with E-state index in [1.165, 1.54) is 6.92 Å². The lowest BCUT2D eigenvalue weighted by Gasteiger charge is -2.21. The maximum absolute atomic E-state index is 12.5. The summed E-state index contributed by atoms with van der Waals surface area (Å²) < 4.78 is 5.05. The van der Waals surface area contributed by atoms with E-state index in [9.17, 15) is 19.2 Å². The predicted molar refractivity (Wildman–Crippen MR) is 107 cm³/mol. The highest BCUT2D eigenvalue weighted by atomic mass is 16.5. The standard InChI is InChI=1S/C22H26N2O5/c1-13(2)15-8-10-16(11-9-15)23-19(25)12-29-22(28)14(3)24-20(26)17-6-4-5-7-18(17)21(24)27/h4-5,8-11,13-14,17-18H,6-7,12H2,1-3H3,(H,23,25)/t14-,17-,18-/m0/s1. The third kappa shape index (κ3) is 4.39. The third-order valence-electron chi connectivity index (χ3n) is 5.48. The average molecular weight is 398 g/mol. The van der Waals surface area contributed by atoms with Gasteiger partial charge in [-0.25, -0.2) is 4.79 Å². The van der Waals surface area contributed by atoms with Gasteiger partial charge < -0.3 is 10.1 Å². The zero-order valence-corrected chi connectivity index (χ0v) is 16.9. The lowest BCUT2D eigenvalue weighted by molar-refractivity contribution is -0.159. The third-order valence-corrected chi connectivity index (χ3v) is 5.48. The van der Waals surface area contributed by atoms with Gasteiger partial charge >= 0.3 is 5.97 Å². The Kier molecular flexibility index (Phi) is 6.15. The van der Waals surface area contributed by atoms with Crippen LogP contribution >= 0.6 is 0 Å². The van der Waals surface area contributed by atoms with Crippen molar-refractivity contribution < 1.29 is 23.9 Å². The minimum absolute atomic E-state index is 0.344. The number of allylic oxidation sites excluding steroid dienone is 2. The van der Waals surface area contributed by atoms with Crippen molar-refractivity contribution in [3.05, 3.63) is 42.0 Å². The summed E-state index contributed by atoms with van der Waals surface area (Å²) >= 11 is 0. The summed E-state index contributed by atoms with van der Waals surface area (Å²) in [5, 5.41) is 2.66. The molecule has 0 spiro atoms. The Morgan fingerprint density at radius 3 is 2.10 bits per heavy atom. The molecule has 29 heavy (non-hydrogen) atoms. The van der Waals surface area contributed by atoms with E-state index in [-0.39, 0.29) is 11.8 Å². The van der Waals surface area contributed by atoms with Crippen LogP contribution in [-0.4, -0.2) is 41.2 Å². The first-order valence-electron chi connectivity index (χ1n) is 9.88. The van der Waals surface area contributed by atoms with Crippen LogP contribution in [0.25, 0.3) is 0 Å². The molecule has 0 bridgehead atoms. The average Bonchev–Trinajstić information content (AvgIpc) is 2.96. The van der Waals surface area contributed by atoms with Gasteiger partial charge in [0.15, 0.2) is 6.61 Å². The predicted octanol–water partition coefficient (Wildman–Crippen LogP) is 2.63. The molecule has 1 aliphatic heterocycles. The van der Waals surface area contributed by atoms with E-state index in [1.54, 1.807) is 12.1 Å². The summed E-state index contributed by atoms with van der Waals surface area (Å²) in [5.74, 6) is -2.37. The molecular formula is C22H26N2O5. The van der Waals surface area contributed by atoms with Crippen LogP contribution in [0.1, 0.15) is 45.1 Å². The Morgan fingerprint density at radius 1 is 1.03 bits per heavy atom. The van der Waals surface area contributed by atoms with Gasteiger partial charge in [0.2, 0.25) is 11.8 Å². The molecule has 1 aliphatic carbocycles. The number of hydrogen-bond acceptors (Lipinski definition) is 5. The van der Waals surface area contributed by atoms with Crippen LogP contribution in [0.4, 0.5) is 5.69 Å². The number of fused-ring (bicyclic) bond motifs is 1. The highest BCUT2D eigenvalue weighted by Crippen LogP contribution is 2.36. The molecule has 154 valence electrons. The Hall–Kier alpha value is -2.96. The summed E-state index contributed by atoms with van der Waals surface area (Å²) in [6, 6.07) is 6.36. The van der Waals surface area contributed by atoms with Crippen molar-refractivity contribution in [2.75, 3.05) is 11.9 Å². The van der Waals surface area contributed by atoms with Gasteiger partial charge in [-0.2, -0.15) is 0 Å².